The van der Waals surface area contributed by atoms with E-state index in [2.05, 4.69) is 5.32 Å². The van der Waals surface area contributed by atoms with E-state index in [4.69, 9.17) is 14.2 Å². The normalized spacial score (nSPS) is 27.1. The molecule has 2 saturated heterocycles. The molecule has 0 spiro atoms. The third kappa shape index (κ3) is 4.00. The molecule has 2 amide bonds. The van der Waals surface area contributed by atoms with E-state index in [0.717, 1.165) is 0 Å². The van der Waals surface area contributed by atoms with E-state index in [9.17, 15) is 14.4 Å². The van der Waals surface area contributed by atoms with E-state index >= 15 is 0 Å². The first-order chi connectivity index (χ1) is 13.9. The van der Waals surface area contributed by atoms with Crippen molar-refractivity contribution in [3.8, 4) is 5.75 Å². The van der Waals surface area contributed by atoms with Crippen molar-refractivity contribution in [2.75, 3.05) is 13.7 Å². The number of carbonyl (C=O) groups is 3. The zero-order chi connectivity index (χ0) is 22.3. The van der Waals surface area contributed by atoms with E-state index in [0.29, 0.717) is 5.75 Å². The summed E-state index contributed by atoms with van der Waals surface area (Å²) in [7, 11) is 1.36. The van der Waals surface area contributed by atoms with E-state index in [1.165, 1.54) is 23.8 Å². The lowest BCUT2D eigenvalue weighted by molar-refractivity contribution is -0.204. The number of thioether (sulfide) groups is 1. The van der Waals surface area contributed by atoms with Crippen LogP contribution in [0.2, 0.25) is 0 Å². The number of hydrogen-bond donors (Lipinski definition) is 1. The van der Waals surface area contributed by atoms with Crippen molar-refractivity contribution in [1.29, 1.82) is 0 Å². The maximum absolute atomic E-state index is 13.1. The first-order valence-corrected chi connectivity index (χ1v) is 10.6. The molecule has 0 aromatic heterocycles. The second-order valence-corrected chi connectivity index (χ2v) is 10.5. The molecule has 0 aliphatic carbocycles. The number of para-hydroxylation sites is 1. The zero-order valence-electron chi connectivity index (χ0n) is 18.1. The fraction of sp³-hybridized carbons (Fsp3) is 0.571. The molecule has 2 aliphatic rings. The quantitative estimate of drug-likeness (QED) is 0.414. The lowest BCUT2D eigenvalue weighted by Crippen LogP contribution is -2.80. The first kappa shape index (κ1) is 22.4. The van der Waals surface area contributed by atoms with Crippen molar-refractivity contribution in [2.45, 2.75) is 62.1 Å². The van der Waals surface area contributed by atoms with Crippen molar-refractivity contribution in [2.24, 2.45) is 0 Å². The van der Waals surface area contributed by atoms with Crippen molar-refractivity contribution < 1.29 is 28.6 Å². The molecule has 2 heterocycles. The summed E-state index contributed by atoms with van der Waals surface area (Å²) in [4.78, 5) is 39.9. The van der Waals surface area contributed by atoms with Gasteiger partial charge in [0.15, 0.2) is 6.61 Å². The Morgan fingerprint density at radius 2 is 1.83 bits per heavy atom. The van der Waals surface area contributed by atoms with Crippen molar-refractivity contribution in [1.82, 2.24) is 10.2 Å². The Balaban J connectivity index is 1.73. The Hall–Kier alpha value is -2.26. The summed E-state index contributed by atoms with van der Waals surface area (Å²) < 4.78 is 15.9. The standard InChI is InChI=1S/C21H28N2O6S/c1-19(2,3)29-16(25)15-20(4,5)30-18-21(27-6,17(26)23(15)18)22-14(24)12-28-13-10-8-7-9-11-13/h7-11,15,18H,12H2,1-6H3,(H,22,24)/t15-,18+,21+/m0/s1. The molecule has 3 atom stereocenters. The van der Waals surface area contributed by atoms with E-state index < -0.39 is 45.3 Å². The average Bonchev–Trinajstić information content (AvgIpc) is 2.93. The second kappa shape index (κ2) is 7.77. The smallest absolute Gasteiger partial charge is 0.330 e. The van der Waals surface area contributed by atoms with Crippen LogP contribution in [0.15, 0.2) is 30.3 Å². The number of hydrogen-bond acceptors (Lipinski definition) is 7. The molecule has 0 radical (unpaired) electrons. The molecule has 9 heteroatoms. The maximum Gasteiger partial charge on any atom is 0.330 e. The van der Waals surface area contributed by atoms with Gasteiger partial charge in [-0.25, -0.2) is 4.79 Å². The van der Waals surface area contributed by atoms with Gasteiger partial charge >= 0.3 is 5.97 Å². The third-order valence-electron chi connectivity index (χ3n) is 4.89. The van der Waals surface area contributed by atoms with E-state index in [1.807, 2.05) is 19.9 Å². The predicted molar refractivity (Wildman–Crippen MR) is 112 cm³/mol. The van der Waals surface area contributed by atoms with Crippen molar-refractivity contribution in [3.05, 3.63) is 30.3 Å². The molecular weight excluding hydrogens is 408 g/mol. The Kier molecular flexibility index (Phi) is 5.81. The number of esters is 1. The summed E-state index contributed by atoms with van der Waals surface area (Å²) in [5.74, 6) is -0.897. The Bertz CT molecular complexity index is 838. The molecule has 0 unspecified atom stereocenters. The molecule has 1 N–H and O–H groups in total. The second-order valence-electron chi connectivity index (χ2n) is 8.81. The van der Waals surface area contributed by atoms with Gasteiger partial charge < -0.3 is 24.4 Å². The van der Waals surface area contributed by atoms with Crippen LogP contribution in [0.3, 0.4) is 0 Å². The van der Waals surface area contributed by atoms with Gasteiger partial charge in [0.05, 0.1) is 0 Å². The molecule has 2 aliphatic heterocycles. The number of nitrogens with one attached hydrogen (secondary N) is 1. The van der Waals surface area contributed by atoms with Gasteiger partial charge in [-0.1, -0.05) is 18.2 Å². The minimum absolute atomic E-state index is 0.265. The average molecular weight is 437 g/mol. The number of rotatable bonds is 6. The van der Waals surface area contributed by atoms with Gasteiger partial charge in [-0.15, -0.1) is 11.8 Å². The zero-order valence-corrected chi connectivity index (χ0v) is 18.9. The number of carbonyl (C=O) groups excluding carboxylic acids is 3. The number of β-lactam (4-membered cyclic amide) rings is 1. The first-order valence-electron chi connectivity index (χ1n) is 9.69. The number of benzene rings is 1. The fourth-order valence-electron chi connectivity index (χ4n) is 3.63. The van der Waals surface area contributed by atoms with E-state index in [-0.39, 0.29) is 6.61 Å². The van der Waals surface area contributed by atoms with Gasteiger partial charge in [-0.05, 0) is 46.8 Å². The van der Waals surface area contributed by atoms with Crippen LogP contribution in [-0.4, -0.2) is 63.9 Å². The molecule has 1 aromatic carbocycles. The molecule has 30 heavy (non-hydrogen) atoms. The summed E-state index contributed by atoms with van der Waals surface area (Å²) in [6.07, 6.45) is 0. The Morgan fingerprint density at radius 1 is 1.20 bits per heavy atom. The van der Waals surface area contributed by atoms with Crippen LogP contribution in [0.5, 0.6) is 5.75 Å². The Labute approximate surface area is 180 Å². The molecule has 2 fully saturated rings. The molecular formula is C21H28N2O6S. The maximum atomic E-state index is 13.1. The van der Waals surface area contributed by atoms with Crippen LogP contribution >= 0.6 is 11.8 Å². The fourth-order valence-corrected chi connectivity index (χ4v) is 5.30. The van der Waals surface area contributed by atoms with Crippen LogP contribution in [0, 0.1) is 0 Å². The largest absolute Gasteiger partial charge is 0.484 e. The molecule has 0 bridgehead atoms. The highest BCUT2D eigenvalue weighted by molar-refractivity contribution is 8.01. The minimum atomic E-state index is -1.55. The minimum Gasteiger partial charge on any atom is -0.484 e. The van der Waals surface area contributed by atoms with Gasteiger partial charge in [0, 0.05) is 11.9 Å². The molecule has 164 valence electrons. The molecule has 3 rings (SSSR count). The number of ether oxygens (including phenoxy) is 3. The summed E-state index contributed by atoms with van der Waals surface area (Å²) in [5, 5.41) is 2.11. The molecule has 1 aromatic rings. The van der Waals surface area contributed by atoms with Gasteiger partial charge in [-0.2, -0.15) is 0 Å². The van der Waals surface area contributed by atoms with Gasteiger partial charge in [0.1, 0.15) is 22.8 Å². The number of nitrogens with zero attached hydrogens (tertiary/aromatic N) is 1. The predicted octanol–water partition coefficient (Wildman–Crippen LogP) is 1.93. The topological polar surface area (TPSA) is 94.2 Å². The molecule has 0 saturated carbocycles. The third-order valence-corrected chi connectivity index (χ3v) is 6.51. The highest BCUT2D eigenvalue weighted by Crippen LogP contribution is 2.55. The van der Waals surface area contributed by atoms with Gasteiger partial charge in [-0.3, -0.25) is 9.59 Å². The SMILES string of the molecule is CO[C@]1(NC(=O)COc2ccccc2)C(=O)N2[C@@H](C(=O)OC(C)(C)C)C(C)(C)S[C@@H]21. The van der Waals surface area contributed by atoms with E-state index in [1.54, 1.807) is 45.0 Å². The van der Waals surface area contributed by atoms with Crippen LogP contribution in [0.25, 0.3) is 0 Å². The summed E-state index contributed by atoms with van der Waals surface area (Å²) in [6, 6.07) is 8.12. The summed E-state index contributed by atoms with van der Waals surface area (Å²) in [6.45, 7) is 8.82. The van der Waals surface area contributed by atoms with Crippen LogP contribution < -0.4 is 10.1 Å². The van der Waals surface area contributed by atoms with Crippen molar-refractivity contribution >= 4 is 29.5 Å². The lowest BCUT2D eigenvalue weighted by Gasteiger charge is -2.51. The van der Waals surface area contributed by atoms with Crippen LogP contribution in [0.1, 0.15) is 34.6 Å². The monoisotopic (exact) mass is 436 g/mol. The molecule has 8 nitrogen and oxygen atoms in total. The summed E-state index contributed by atoms with van der Waals surface area (Å²) >= 11 is 1.40. The summed E-state index contributed by atoms with van der Waals surface area (Å²) in [5.41, 5.74) is -2.22. The Morgan fingerprint density at radius 3 is 2.40 bits per heavy atom. The highest BCUT2D eigenvalue weighted by atomic mass is 32.2. The number of methoxy groups -OCH3 is 1. The highest BCUT2D eigenvalue weighted by Gasteiger charge is 2.73. The van der Waals surface area contributed by atoms with Crippen LogP contribution in [-0.2, 0) is 23.9 Å². The lowest BCUT2D eigenvalue weighted by atomic mass is 9.93. The number of fused-ring (bicyclic) bond motifs is 1. The van der Waals surface area contributed by atoms with Crippen molar-refractivity contribution in [3.63, 3.8) is 0 Å². The van der Waals surface area contributed by atoms with Crippen LogP contribution in [0.4, 0.5) is 0 Å². The van der Waals surface area contributed by atoms with Gasteiger partial charge in [0.2, 0.25) is 0 Å². The number of amides is 2. The van der Waals surface area contributed by atoms with Gasteiger partial charge in [0.25, 0.3) is 17.5 Å².